The lowest BCUT2D eigenvalue weighted by Gasteiger charge is -2.28. The lowest BCUT2D eigenvalue weighted by molar-refractivity contribution is 0.180. The van der Waals surface area contributed by atoms with Crippen molar-refractivity contribution in [3.8, 4) is 0 Å². The van der Waals surface area contributed by atoms with Crippen molar-refractivity contribution in [3.05, 3.63) is 60.7 Å². The first kappa shape index (κ1) is 17.1. The first-order chi connectivity index (χ1) is 10.5. The van der Waals surface area contributed by atoms with Gasteiger partial charge in [-0.1, -0.05) is 77.6 Å². The molecule has 0 saturated heterocycles. The van der Waals surface area contributed by atoms with E-state index in [0.717, 1.165) is 0 Å². The summed E-state index contributed by atoms with van der Waals surface area (Å²) >= 11 is 0. The molecule has 1 atom stereocenters. The Bertz CT molecular complexity index is 594. The molecule has 118 valence electrons. The summed E-state index contributed by atoms with van der Waals surface area (Å²) in [7, 11) is -4.77. The van der Waals surface area contributed by atoms with Gasteiger partial charge in [-0.05, 0) is 6.04 Å². The van der Waals surface area contributed by atoms with Crippen LogP contribution in [0.25, 0.3) is 0 Å². The molecule has 0 aliphatic carbocycles. The first-order valence-corrected chi connectivity index (χ1v) is 11.3. The van der Waals surface area contributed by atoms with Crippen LogP contribution in [0.3, 0.4) is 0 Å². The van der Waals surface area contributed by atoms with Gasteiger partial charge in [0.15, 0.2) is 0 Å². The third-order valence-corrected chi connectivity index (χ3v) is 9.30. The lowest BCUT2D eigenvalue weighted by atomic mass is 10.4. The molecule has 0 saturated carbocycles. The maximum absolute atomic E-state index is 11.5. The highest BCUT2D eigenvalue weighted by Gasteiger charge is 2.32. The molecule has 2 rings (SSSR count). The molecule has 0 fully saturated rings. The molecular weight excluding hydrogens is 315 g/mol. The molecule has 1 unspecified atom stereocenters. The largest absolute Gasteiger partial charge is 0.471 e. The van der Waals surface area contributed by atoms with Crippen LogP contribution in [0.2, 0.25) is 12.6 Å². The van der Waals surface area contributed by atoms with Crippen LogP contribution in [0.5, 0.6) is 0 Å². The van der Waals surface area contributed by atoms with E-state index in [1.807, 2.05) is 36.4 Å². The predicted octanol–water partition coefficient (Wildman–Crippen LogP) is 2.64. The summed E-state index contributed by atoms with van der Waals surface area (Å²) in [5, 5.41) is 2.55. The van der Waals surface area contributed by atoms with Crippen molar-refractivity contribution < 1.29 is 18.5 Å². The molecule has 0 aromatic heterocycles. The van der Waals surface area contributed by atoms with Gasteiger partial charge in [-0.25, -0.2) is 4.57 Å². The SMILES string of the molecule is COP(=O)(O)OCC[Si](C)(c1ccccc1)c1ccccc1. The summed E-state index contributed by atoms with van der Waals surface area (Å²) in [6, 6.07) is 21.3. The third kappa shape index (κ3) is 4.15. The van der Waals surface area contributed by atoms with Gasteiger partial charge in [-0.2, -0.15) is 0 Å². The van der Waals surface area contributed by atoms with Crippen LogP contribution in [0.15, 0.2) is 60.7 Å². The van der Waals surface area contributed by atoms with Gasteiger partial charge in [0.05, 0.1) is 6.61 Å². The number of phosphoric ester groups is 1. The Labute approximate surface area is 132 Å². The molecule has 2 aromatic carbocycles. The summed E-state index contributed by atoms with van der Waals surface area (Å²) in [5.74, 6) is 0. The topological polar surface area (TPSA) is 55.8 Å². The van der Waals surface area contributed by atoms with E-state index in [9.17, 15) is 9.46 Å². The molecule has 1 N–H and O–H groups in total. The Hall–Kier alpha value is -1.23. The van der Waals surface area contributed by atoms with E-state index >= 15 is 0 Å². The van der Waals surface area contributed by atoms with Gasteiger partial charge in [0.25, 0.3) is 0 Å². The molecule has 22 heavy (non-hydrogen) atoms. The predicted molar refractivity (Wildman–Crippen MR) is 91.4 cm³/mol. The van der Waals surface area contributed by atoms with Gasteiger partial charge >= 0.3 is 7.82 Å². The maximum Gasteiger partial charge on any atom is 0.471 e. The molecule has 0 radical (unpaired) electrons. The van der Waals surface area contributed by atoms with Crippen molar-refractivity contribution in [2.45, 2.75) is 12.6 Å². The maximum atomic E-state index is 11.5. The Balaban J connectivity index is 2.26. The molecular formula is C16H21O4PSi. The number of benzene rings is 2. The minimum absolute atomic E-state index is 0.189. The van der Waals surface area contributed by atoms with Crippen LogP contribution < -0.4 is 10.4 Å². The van der Waals surface area contributed by atoms with E-state index in [-0.39, 0.29) is 6.61 Å². The summed E-state index contributed by atoms with van der Waals surface area (Å²) in [4.78, 5) is 9.39. The van der Waals surface area contributed by atoms with Crippen molar-refractivity contribution in [1.82, 2.24) is 0 Å². The molecule has 0 heterocycles. The highest BCUT2D eigenvalue weighted by molar-refractivity contribution is 7.47. The zero-order chi connectivity index (χ0) is 16.1. The van der Waals surface area contributed by atoms with E-state index in [1.165, 1.54) is 17.5 Å². The van der Waals surface area contributed by atoms with E-state index < -0.39 is 15.9 Å². The molecule has 0 spiro atoms. The number of hydrogen-bond acceptors (Lipinski definition) is 3. The second kappa shape index (κ2) is 7.35. The van der Waals surface area contributed by atoms with E-state index in [2.05, 4.69) is 35.3 Å². The number of hydrogen-bond donors (Lipinski definition) is 1. The Morgan fingerprint density at radius 3 is 1.86 bits per heavy atom. The van der Waals surface area contributed by atoms with Gasteiger partial charge in [-0.15, -0.1) is 0 Å². The number of phosphoric acid groups is 1. The minimum Gasteiger partial charge on any atom is -0.303 e. The van der Waals surface area contributed by atoms with Gasteiger partial charge in [0.2, 0.25) is 0 Å². The monoisotopic (exact) mass is 336 g/mol. The van der Waals surface area contributed by atoms with Crippen LogP contribution in [0, 0.1) is 0 Å². The Morgan fingerprint density at radius 1 is 1.00 bits per heavy atom. The Kier molecular flexibility index (Phi) is 5.73. The van der Waals surface area contributed by atoms with Crippen molar-refractivity contribution in [1.29, 1.82) is 0 Å². The smallest absolute Gasteiger partial charge is 0.303 e. The highest BCUT2D eigenvalue weighted by Crippen LogP contribution is 2.42. The Morgan fingerprint density at radius 2 is 1.45 bits per heavy atom. The molecule has 0 amide bonds. The van der Waals surface area contributed by atoms with Gasteiger partial charge < -0.3 is 4.89 Å². The first-order valence-electron chi connectivity index (χ1n) is 7.12. The quantitative estimate of drug-likeness (QED) is 0.624. The molecule has 2 aromatic rings. The molecule has 0 bridgehead atoms. The van der Waals surface area contributed by atoms with Crippen LogP contribution in [0.4, 0.5) is 0 Å². The van der Waals surface area contributed by atoms with Gasteiger partial charge in [-0.3, -0.25) is 9.05 Å². The molecule has 0 aliphatic heterocycles. The summed E-state index contributed by atoms with van der Waals surface area (Å²) < 4.78 is 21.0. The standard InChI is InChI=1S/C16H21O4PSi/c1-19-21(17,18)20-13-14-22(2,15-9-5-3-6-10-15)16-11-7-4-8-12-16/h3-12H,13-14H2,1-2H3,(H,17,18). The van der Waals surface area contributed by atoms with Crippen LogP contribution in [-0.2, 0) is 13.6 Å². The van der Waals surface area contributed by atoms with Crippen molar-refractivity contribution in [2.75, 3.05) is 13.7 Å². The highest BCUT2D eigenvalue weighted by atomic mass is 31.2. The third-order valence-electron chi connectivity index (χ3n) is 3.91. The van der Waals surface area contributed by atoms with Crippen LogP contribution in [-0.4, -0.2) is 26.7 Å². The molecule has 0 aliphatic rings. The fraction of sp³-hybridized carbons (Fsp3) is 0.250. The second-order valence-electron chi connectivity index (χ2n) is 5.30. The van der Waals surface area contributed by atoms with Crippen molar-refractivity contribution >= 4 is 26.3 Å². The zero-order valence-electron chi connectivity index (χ0n) is 12.8. The fourth-order valence-corrected chi connectivity index (χ4v) is 6.36. The average Bonchev–Trinajstić information content (AvgIpc) is 2.56. The van der Waals surface area contributed by atoms with Crippen molar-refractivity contribution in [3.63, 3.8) is 0 Å². The van der Waals surface area contributed by atoms with Gasteiger partial charge in [0, 0.05) is 7.11 Å². The lowest BCUT2D eigenvalue weighted by Crippen LogP contribution is -2.56. The molecule has 4 nitrogen and oxygen atoms in total. The average molecular weight is 336 g/mol. The van der Waals surface area contributed by atoms with E-state index in [4.69, 9.17) is 4.52 Å². The fourth-order valence-electron chi connectivity index (χ4n) is 2.49. The second-order valence-corrected chi connectivity index (χ2v) is 11.2. The van der Waals surface area contributed by atoms with E-state index in [1.54, 1.807) is 0 Å². The summed E-state index contributed by atoms with van der Waals surface area (Å²) in [5.41, 5.74) is 0. The minimum atomic E-state index is -3.92. The normalized spacial score (nSPS) is 14.5. The van der Waals surface area contributed by atoms with Crippen LogP contribution >= 0.6 is 7.82 Å². The van der Waals surface area contributed by atoms with Crippen LogP contribution in [0.1, 0.15) is 0 Å². The molecule has 6 heteroatoms. The zero-order valence-corrected chi connectivity index (χ0v) is 14.7. The summed E-state index contributed by atoms with van der Waals surface area (Å²) in [6.07, 6.45) is 0. The number of rotatable bonds is 7. The summed E-state index contributed by atoms with van der Waals surface area (Å²) in [6.45, 7) is 2.43. The van der Waals surface area contributed by atoms with E-state index in [0.29, 0.717) is 6.04 Å². The van der Waals surface area contributed by atoms with Crippen molar-refractivity contribution in [2.24, 2.45) is 0 Å². The van der Waals surface area contributed by atoms with Gasteiger partial charge in [0.1, 0.15) is 8.07 Å².